The van der Waals surface area contributed by atoms with Gasteiger partial charge in [-0.25, -0.2) is 0 Å². The number of thioether (sulfide) groups is 1. The van der Waals surface area contributed by atoms with Crippen molar-refractivity contribution >= 4 is 17.7 Å². The molecule has 2 unspecified atom stereocenters. The molecule has 0 radical (unpaired) electrons. The van der Waals surface area contributed by atoms with Crippen molar-refractivity contribution in [2.45, 2.75) is 56.9 Å². The molecule has 0 aromatic heterocycles. The molecule has 2 fully saturated rings. The Hall–Kier alpha value is -0.220. The van der Waals surface area contributed by atoms with Crippen LogP contribution in [0.5, 0.6) is 0 Å². The minimum atomic E-state index is 0.235. The van der Waals surface area contributed by atoms with Crippen molar-refractivity contribution in [1.82, 2.24) is 10.2 Å². The summed E-state index contributed by atoms with van der Waals surface area (Å²) in [6.07, 6.45) is 4.75. The maximum atomic E-state index is 12.5. The minimum absolute atomic E-state index is 0.235. The van der Waals surface area contributed by atoms with Crippen LogP contribution in [0.1, 0.15) is 39.5 Å². The second-order valence-corrected chi connectivity index (χ2v) is 6.69. The zero-order chi connectivity index (χ0) is 12.3. The molecule has 2 rings (SSSR count). The number of nitrogens with zero attached hydrogens (tertiary/aromatic N) is 1. The SMILES string of the molecule is CC(C)N(CC1CCCN1)C(=O)C1CCCS1. The van der Waals surface area contributed by atoms with Gasteiger partial charge in [-0.15, -0.1) is 11.8 Å². The predicted octanol–water partition coefficient (Wildman–Crippen LogP) is 1.87. The zero-order valence-electron chi connectivity index (χ0n) is 10.9. The van der Waals surface area contributed by atoms with Gasteiger partial charge in [0.1, 0.15) is 0 Å². The van der Waals surface area contributed by atoms with E-state index in [2.05, 4.69) is 24.1 Å². The highest BCUT2D eigenvalue weighted by atomic mass is 32.2. The number of amides is 1. The molecule has 2 aliphatic heterocycles. The summed E-state index contributed by atoms with van der Waals surface area (Å²) >= 11 is 1.84. The maximum absolute atomic E-state index is 12.5. The molecule has 0 aromatic carbocycles. The zero-order valence-corrected chi connectivity index (χ0v) is 11.8. The Balaban J connectivity index is 1.92. The van der Waals surface area contributed by atoms with Crippen LogP contribution in [-0.4, -0.2) is 47.0 Å². The maximum Gasteiger partial charge on any atom is 0.235 e. The van der Waals surface area contributed by atoms with Crippen LogP contribution < -0.4 is 5.32 Å². The lowest BCUT2D eigenvalue weighted by molar-refractivity contribution is -0.132. The first kappa shape index (κ1) is 13.2. The van der Waals surface area contributed by atoms with Gasteiger partial charge in [0.15, 0.2) is 0 Å². The Morgan fingerprint density at radius 1 is 1.41 bits per heavy atom. The summed E-state index contributed by atoms with van der Waals surface area (Å²) in [5, 5.41) is 3.72. The van der Waals surface area contributed by atoms with Gasteiger partial charge in [-0.1, -0.05) is 0 Å². The molecular weight excluding hydrogens is 232 g/mol. The Bertz CT molecular complexity index is 258. The molecule has 0 saturated carbocycles. The molecule has 4 heteroatoms. The normalized spacial score (nSPS) is 28.9. The lowest BCUT2D eigenvalue weighted by Crippen LogP contribution is -2.47. The molecule has 98 valence electrons. The van der Waals surface area contributed by atoms with Gasteiger partial charge >= 0.3 is 0 Å². The third kappa shape index (κ3) is 3.38. The van der Waals surface area contributed by atoms with E-state index >= 15 is 0 Å². The van der Waals surface area contributed by atoms with E-state index in [0.717, 1.165) is 25.3 Å². The molecule has 0 aromatic rings. The van der Waals surface area contributed by atoms with E-state index in [4.69, 9.17) is 0 Å². The number of nitrogens with one attached hydrogen (secondary N) is 1. The van der Waals surface area contributed by atoms with Gasteiger partial charge in [0.05, 0.1) is 5.25 Å². The fourth-order valence-corrected chi connectivity index (χ4v) is 3.89. The van der Waals surface area contributed by atoms with Crippen LogP contribution in [0, 0.1) is 0 Å². The summed E-state index contributed by atoms with van der Waals surface area (Å²) in [5.41, 5.74) is 0. The molecule has 2 aliphatic rings. The molecule has 2 heterocycles. The number of carbonyl (C=O) groups is 1. The van der Waals surface area contributed by atoms with Crippen LogP contribution in [0.2, 0.25) is 0 Å². The Kier molecular flexibility index (Phi) is 4.74. The third-order valence-electron chi connectivity index (χ3n) is 3.69. The topological polar surface area (TPSA) is 32.3 Å². The van der Waals surface area contributed by atoms with Crippen LogP contribution in [0.3, 0.4) is 0 Å². The van der Waals surface area contributed by atoms with E-state index in [-0.39, 0.29) is 5.25 Å². The number of hydrogen-bond acceptors (Lipinski definition) is 3. The van der Waals surface area contributed by atoms with Crippen molar-refractivity contribution in [2.24, 2.45) is 0 Å². The summed E-state index contributed by atoms with van der Waals surface area (Å²) in [5.74, 6) is 1.53. The average molecular weight is 256 g/mol. The molecule has 2 saturated heterocycles. The second-order valence-electron chi connectivity index (χ2n) is 5.38. The van der Waals surface area contributed by atoms with Gasteiger partial charge in [-0.2, -0.15) is 0 Å². The number of hydrogen-bond donors (Lipinski definition) is 1. The molecule has 17 heavy (non-hydrogen) atoms. The quantitative estimate of drug-likeness (QED) is 0.833. The molecule has 0 spiro atoms. The van der Waals surface area contributed by atoms with Crippen LogP contribution in [0.25, 0.3) is 0 Å². The number of carbonyl (C=O) groups excluding carboxylic acids is 1. The van der Waals surface area contributed by atoms with Crippen LogP contribution in [0.4, 0.5) is 0 Å². The van der Waals surface area contributed by atoms with E-state index in [1.54, 1.807) is 0 Å². The predicted molar refractivity (Wildman–Crippen MR) is 73.4 cm³/mol. The van der Waals surface area contributed by atoms with Gasteiger partial charge in [-0.3, -0.25) is 4.79 Å². The van der Waals surface area contributed by atoms with E-state index in [1.165, 1.54) is 19.3 Å². The Morgan fingerprint density at radius 3 is 2.76 bits per heavy atom. The van der Waals surface area contributed by atoms with E-state index in [9.17, 15) is 4.79 Å². The summed E-state index contributed by atoms with van der Waals surface area (Å²) < 4.78 is 0. The van der Waals surface area contributed by atoms with Crippen molar-refractivity contribution < 1.29 is 4.79 Å². The first-order valence-electron chi connectivity index (χ1n) is 6.84. The standard InChI is InChI=1S/C13H24N2OS/c1-10(2)15(9-11-5-3-7-14-11)13(16)12-6-4-8-17-12/h10-12,14H,3-9H2,1-2H3. The summed E-state index contributed by atoms with van der Waals surface area (Å²) in [6, 6.07) is 0.846. The van der Waals surface area contributed by atoms with Gasteiger partial charge in [0.25, 0.3) is 0 Å². The molecule has 1 N–H and O–H groups in total. The number of rotatable bonds is 4. The molecule has 1 amide bonds. The summed E-state index contributed by atoms with van der Waals surface area (Å²) in [4.78, 5) is 14.5. The molecular formula is C13H24N2OS. The van der Waals surface area contributed by atoms with Gasteiger partial charge < -0.3 is 10.2 Å². The van der Waals surface area contributed by atoms with Crippen molar-refractivity contribution in [3.63, 3.8) is 0 Å². The van der Waals surface area contributed by atoms with Crippen LogP contribution in [-0.2, 0) is 4.79 Å². The second kappa shape index (κ2) is 6.10. The Morgan fingerprint density at radius 2 is 2.24 bits per heavy atom. The largest absolute Gasteiger partial charge is 0.338 e. The lowest BCUT2D eigenvalue weighted by atomic mass is 10.1. The van der Waals surface area contributed by atoms with Crippen molar-refractivity contribution in [2.75, 3.05) is 18.8 Å². The summed E-state index contributed by atoms with van der Waals surface area (Å²) in [7, 11) is 0. The highest BCUT2D eigenvalue weighted by molar-refractivity contribution is 8.00. The lowest BCUT2D eigenvalue weighted by Gasteiger charge is -2.31. The van der Waals surface area contributed by atoms with E-state index < -0.39 is 0 Å². The smallest absolute Gasteiger partial charge is 0.235 e. The van der Waals surface area contributed by atoms with E-state index in [0.29, 0.717) is 18.0 Å². The highest BCUT2D eigenvalue weighted by Crippen LogP contribution is 2.28. The minimum Gasteiger partial charge on any atom is -0.338 e. The molecule has 0 bridgehead atoms. The monoisotopic (exact) mass is 256 g/mol. The third-order valence-corrected chi connectivity index (χ3v) is 5.06. The fourth-order valence-electron chi connectivity index (χ4n) is 2.66. The van der Waals surface area contributed by atoms with Crippen LogP contribution >= 0.6 is 11.8 Å². The van der Waals surface area contributed by atoms with Gasteiger partial charge in [-0.05, 0) is 51.8 Å². The highest BCUT2D eigenvalue weighted by Gasteiger charge is 2.31. The fraction of sp³-hybridized carbons (Fsp3) is 0.923. The summed E-state index contributed by atoms with van der Waals surface area (Å²) in [6.45, 7) is 6.27. The first-order valence-corrected chi connectivity index (χ1v) is 7.89. The first-order chi connectivity index (χ1) is 8.18. The van der Waals surface area contributed by atoms with Crippen LogP contribution in [0.15, 0.2) is 0 Å². The molecule has 3 nitrogen and oxygen atoms in total. The van der Waals surface area contributed by atoms with Crippen molar-refractivity contribution in [1.29, 1.82) is 0 Å². The molecule has 2 atom stereocenters. The van der Waals surface area contributed by atoms with Crippen molar-refractivity contribution in [3.05, 3.63) is 0 Å². The van der Waals surface area contributed by atoms with Crippen molar-refractivity contribution in [3.8, 4) is 0 Å². The van der Waals surface area contributed by atoms with Gasteiger partial charge in [0, 0.05) is 18.6 Å². The molecule has 0 aliphatic carbocycles. The van der Waals surface area contributed by atoms with Gasteiger partial charge in [0.2, 0.25) is 5.91 Å². The Labute approximate surface area is 109 Å². The average Bonchev–Trinajstić information content (AvgIpc) is 2.97. The van der Waals surface area contributed by atoms with E-state index in [1.807, 2.05) is 11.8 Å².